The van der Waals surface area contributed by atoms with Crippen LogP contribution in [-0.4, -0.2) is 17.5 Å². The molecule has 4 nitrogen and oxygen atoms in total. The summed E-state index contributed by atoms with van der Waals surface area (Å²) in [6, 6.07) is 5.53. The molecule has 1 saturated carbocycles. The van der Waals surface area contributed by atoms with Gasteiger partial charge in [0.1, 0.15) is 5.82 Å². The van der Waals surface area contributed by atoms with Crippen molar-refractivity contribution in [3.8, 4) is 0 Å². The second-order valence-corrected chi connectivity index (χ2v) is 6.63. The van der Waals surface area contributed by atoms with Gasteiger partial charge in [0, 0.05) is 11.1 Å². The van der Waals surface area contributed by atoms with E-state index in [2.05, 4.69) is 5.32 Å². The molecule has 1 aliphatic carbocycles. The van der Waals surface area contributed by atoms with Crippen LogP contribution < -0.4 is 5.32 Å². The summed E-state index contributed by atoms with van der Waals surface area (Å²) < 4.78 is 18.4. The molecular weight excluding hydrogens is 273 g/mol. The Kier molecular flexibility index (Phi) is 2.71. The molecule has 2 bridgehead atoms. The first-order chi connectivity index (χ1) is 9.73. The number of esters is 1. The van der Waals surface area contributed by atoms with Crippen molar-refractivity contribution in [3.63, 3.8) is 0 Å². The van der Waals surface area contributed by atoms with Gasteiger partial charge in [-0.1, -0.05) is 13.8 Å². The van der Waals surface area contributed by atoms with E-state index in [0.717, 1.165) is 0 Å². The van der Waals surface area contributed by atoms with E-state index in [0.29, 0.717) is 18.5 Å². The fourth-order valence-electron chi connectivity index (χ4n) is 3.51. The van der Waals surface area contributed by atoms with Gasteiger partial charge < -0.3 is 10.1 Å². The van der Waals surface area contributed by atoms with Crippen molar-refractivity contribution in [2.45, 2.75) is 39.2 Å². The fourth-order valence-corrected chi connectivity index (χ4v) is 3.51. The normalized spacial score (nSPS) is 32.9. The second kappa shape index (κ2) is 4.06. The van der Waals surface area contributed by atoms with Gasteiger partial charge in [0.2, 0.25) is 0 Å². The minimum Gasteiger partial charge on any atom is -0.448 e. The molecule has 2 aliphatic rings. The van der Waals surface area contributed by atoms with E-state index in [1.807, 2.05) is 20.8 Å². The van der Waals surface area contributed by atoms with Crippen LogP contribution in [0, 0.1) is 16.6 Å². The highest BCUT2D eigenvalue weighted by atomic mass is 19.1. The van der Waals surface area contributed by atoms with Gasteiger partial charge in [-0.25, -0.2) is 4.39 Å². The summed E-state index contributed by atoms with van der Waals surface area (Å²) in [5.41, 5.74) is -1.87. The Morgan fingerprint density at radius 1 is 1.19 bits per heavy atom. The first-order valence-corrected chi connectivity index (χ1v) is 7.03. The van der Waals surface area contributed by atoms with Crippen LogP contribution in [0.3, 0.4) is 0 Å². The number of amides is 1. The molecule has 1 amide bonds. The van der Waals surface area contributed by atoms with Gasteiger partial charge in [-0.3, -0.25) is 9.59 Å². The predicted octanol–water partition coefficient (Wildman–Crippen LogP) is 2.89. The molecule has 1 aromatic rings. The highest BCUT2D eigenvalue weighted by molar-refractivity contribution is 6.03. The molecule has 1 aromatic carbocycles. The SMILES string of the molecule is CC1(C)[C@@]2(C(=O)Nc3ccc(F)cc3)CC[C@]1(C)C(=O)O2. The van der Waals surface area contributed by atoms with Crippen LogP contribution in [0.5, 0.6) is 0 Å². The fraction of sp³-hybridized carbons (Fsp3) is 0.500. The maximum Gasteiger partial charge on any atom is 0.313 e. The number of benzene rings is 1. The van der Waals surface area contributed by atoms with Crippen molar-refractivity contribution in [3.05, 3.63) is 30.1 Å². The number of carbonyl (C=O) groups excluding carboxylic acids is 2. The summed E-state index contributed by atoms with van der Waals surface area (Å²) in [4.78, 5) is 24.8. The third-order valence-corrected chi connectivity index (χ3v) is 5.55. The van der Waals surface area contributed by atoms with E-state index in [-0.39, 0.29) is 17.7 Å². The van der Waals surface area contributed by atoms with Crippen LogP contribution >= 0.6 is 0 Å². The molecule has 2 fully saturated rings. The minimum atomic E-state index is -1.15. The van der Waals surface area contributed by atoms with Crippen molar-refractivity contribution in [1.82, 2.24) is 0 Å². The van der Waals surface area contributed by atoms with E-state index in [4.69, 9.17) is 4.74 Å². The molecule has 3 rings (SSSR count). The summed E-state index contributed by atoms with van der Waals surface area (Å²) >= 11 is 0. The van der Waals surface area contributed by atoms with Crippen molar-refractivity contribution >= 4 is 17.6 Å². The summed E-state index contributed by atoms with van der Waals surface area (Å²) in [6.07, 6.45) is 1.14. The lowest BCUT2D eigenvalue weighted by Gasteiger charge is -2.35. The first-order valence-electron chi connectivity index (χ1n) is 7.03. The smallest absolute Gasteiger partial charge is 0.313 e. The summed E-state index contributed by atoms with van der Waals surface area (Å²) in [7, 11) is 0. The third-order valence-electron chi connectivity index (χ3n) is 5.55. The Hall–Kier alpha value is -1.91. The first kappa shape index (κ1) is 14.0. The van der Waals surface area contributed by atoms with Crippen LogP contribution in [0.2, 0.25) is 0 Å². The van der Waals surface area contributed by atoms with Crippen molar-refractivity contribution in [2.24, 2.45) is 10.8 Å². The molecule has 0 unspecified atom stereocenters. The molecular formula is C16H18FNO3. The van der Waals surface area contributed by atoms with Gasteiger partial charge in [-0.2, -0.15) is 0 Å². The number of hydrogen-bond donors (Lipinski definition) is 1. The van der Waals surface area contributed by atoms with Gasteiger partial charge in [0.05, 0.1) is 5.41 Å². The number of ether oxygens (including phenoxy) is 1. The highest BCUT2D eigenvalue weighted by Crippen LogP contribution is 2.65. The zero-order chi connectivity index (χ0) is 15.5. The summed E-state index contributed by atoms with van der Waals surface area (Å²) in [5.74, 6) is -1.02. The molecule has 21 heavy (non-hydrogen) atoms. The molecule has 112 valence electrons. The zero-order valence-corrected chi connectivity index (χ0v) is 12.3. The second-order valence-electron chi connectivity index (χ2n) is 6.63. The Morgan fingerprint density at radius 3 is 2.29 bits per heavy atom. The standard InChI is InChI=1S/C16H18FNO3/c1-14(2)15(3)8-9-16(14,21-13(15)20)12(19)18-11-6-4-10(17)5-7-11/h4-7H,8-9H2,1-3H3,(H,18,19)/t15-,16+/m1/s1. The molecule has 1 heterocycles. The van der Waals surface area contributed by atoms with E-state index in [1.54, 1.807) is 0 Å². The van der Waals surface area contributed by atoms with Crippen molar-refractivity contribution in [1.29, 1.82) is 0 Å². The molecule has 5 heteroatoms. The molecule has 0 radical (unpaired) electrons. The monoisotopic (exact) mass is 291 g/mol. The van der Waals surface area contributed by atoms with E-state index in [1.165, 1.54) is 24.3 Å². The Morgan fingerprint density at radius 2 is 1.81 bits per heavy atom. The Bertz CT molecular complexity index is 625. The van der Waals surface area contributed by atoms with Crippen LogP contribution in [0.25, 0.3) is 0 Å². The van der Waals surface area contributed by atoms with Gasteiger partial charge in [0.15, 0.2) is 5.60 Å². The minimum absolute atomic E-state index is 0.312. The molecule has 2 atom stereocenters. The zero-order valence-electron chi connectivity index (χ0n) is 12.3. The Labute approximate surface area is 122 Å². The molecule has 0 aromatic heterocycles. The number of halogens is 1. The van der Waals surface area contributed by atoms with E-state index in [9.17, 15) is 14.0 Å². The van der Waals surface area contributed by atoms with Gasteiger partial charge in [-0.15, -0.1) is 0 Å². The van der Waals surface area contributed by atoms with Crippen LogP contribution in [-0.2, 0) is 14.3 Å². The summed E-state index contributed by atoms with van der Waals surface area (Å²) in [5, 5.41) is 2.74. The van der Waals surface area contributed by atoms with Crippen LogP contribution in [0.1, 0.15) is 33.6 Å². The topological polar surface area (TPSA) is 55.4 Å². The largest absolute Gasteiger partial charge is 0.448 e. The highest BCUT2D eigenvalue weighted by Gasteiger charge is 2.75. The number of hydrogen-bond acceptors (Lipinski definition) is 3. The van der Waals surface area contributed by atoms with E-state index >= 15 is 0 Å². The Balaban J connectivity index is 1.91. The number of nitrogens with one attached hydrogen (secondary N) is 1. The maximum absolute atomic E-state index is 12.9. The van der Waals surface area contributed by atoms with Crippen molar-refractivity contribution < 1.29 is 18.7 Å². The average molecular weight is 291 g/mol. The quantitative estimate of drug-likeness (QED) is 0.852. The number of carbonyl (C=O) groups is 2. The number of rotatable bonds is 2. The van der Waals surface area contributed by atoms with Gasteiger partial charge in [-0.05, 0) is 44.0 Å². The lowest BCUT2D eigenvalue weighted by atomic mass is 9.66. The van der Waals surface area contributed by atoms with Crippen LogP contribution in [0.15, 0.2) is 24.3 Å². The van der Waals surface area contributed by atoms with Crippen molar-refractivity contribution in [2.75, 3.05) is 5.32 Å². The van der Waals surface area contributed by atoms with Gasteiger partial charge >= 0.3 is 5.97 Å². The lowest BCUT2D eigenvalue weighted by Crippen LogP contribution is -2.50. The molecule has 1 saturated heterocycles. The molecule has 0 spiro atoms. The average Bonchev–Trinajstić information content (AvgIpc) is 2.72. The predicted molar refractivity (Wildman–Crippen MR) is 75.0 cm³/mol. The van der Waals surface area contributed by atoms with Gasteiger partial charge in [0.25, 0.3) is 5.91 Å². The lowest BCUT2D eigenvalue weighted by molar-refractivity contribution is -0.165. The number of fused-ring (bicyclic) bond motifs is 2. The maximum atomic E-state index is 12.9. The molecule has 1 N–H and O–H groups in total. The summed E-state index contributed by atoms with van der Waals surface area (Å²) in [6.45, 7) is 5.65. The van der Waals surface area contributed by atoms with Crippen LogP contribution in [0.4, 0.5) is 10.1 Å². The third kappa shape index (κ3) is 1.60. The van der Waals surface area contributed by atoms with E-state index < -0.39 is 16.4 Å². The number of anilines is 1. The molecule has 1 aliphatic heterocycles.